The van der Waals surface area contributed by atoms with E-state index in [1.165, 1.54) is 25.3 Å². The number of allylic oxidation sites excluding steroid dienone is 1. The van der Waals surface area contributed by atoms with Crippen LogP contribution in [-0.4, -0.2) is 20.0 Å². The molecule has 0 aromatic heterocycles. The molecule has 32 heavy (non-hydrogen) atoms. The number of ether oxygens (including phenoxy) is 4. The van der Waals surface area contributed by atoms with Crippen molar-refractivity contribution in [3.8, 4) is 23.0 Å². The molecule has 0 saturated heterocycles. The SMILES string of the molecule is COc1ccc(OC)c(/C=C2\Oc3c(ccc(OCc4c(F)cccc4F)c3C)C2=O)c1. The first kappa shape index (κ1) is 21.4. The van der Waals surface area contributed by atoms with Crippen LogP contribution < -0.4 is 18.9 Å². The van der Waals surface area contributed by atoms with E-state index in [4.69, 9.17) is 18.9 Å². The Kier molecular flexibility index (Phi) is 5.81. The molecule has 0 N–H and O–H groups in total. The van der Waals surface area contributed by atoms with Crippen molar-refractivity contribution < 1.29 is 32.5 Å². The van der Waals surface area contributed by atoms with Crippen LogP contribution in [-0.2, 0) is 6.61 Å². The normalized spacial score (nSPS) is 13.7. The lowest BCUT2D eigenvalue weighted by Gasteiger charge is -2.12. The van der Waals surface area contributed by atoms with Gasteiger partial charge in [0.05, 0.1) is 25.3 Å². The third-order valence-corrected chi connectivity index (χ3v) is 5.19. The average molecular weight is 438 g/mol. The molecule has 0 fully saturated rings. The lowest BCUT2D eigenvalue weighted by molar-refractivity contribution is 0.101. The maximum atomic E-state index is 13.9. The summed E-state index contributed by atoms with van der Waals surface area (Å²) in [6.45, 7) is 1.42. The molecule has 0 unspecified atom stereocenters. The largest absolute Gasteiger partial charge is 0.497 e. The van der Waals surface area contributed by atoms with Gasteiger partial charge in [0.25, 0.3) is 0 Å². The summed E-state index contributed by atoms with van der Waals surface area (Å²) in [6, 6.07) is 12.0. The lowest BCUT2D eigenvalue weighted by atomic mass is 10.1. The summed E-state index contributed by atoms with van der Waals surface area (Å²) >= 11 is 0. The maximum absolute atomic E-state index is 13.9. The van der Waals surface area contributed by atoms with E-state index >= 15 is 0 Å². The molecule has 164 valence electrons. The van der Waals surface area contributed by atoms with Gasteiger partial charge in [-0.15, -0.1) is 0 Å². The number of carbonyl (C=O) groups excluding carboxylic acids is 1. The molecule has 0 aliphatic carbocycles. The highest BCUT2D eigenvalue weighted by molar-refractivity contribution is 6.15. The standard InChI is InChI=1S/C25H20F2O5/c1-14-21(31-13-18-19(26)5-4-6-20(18)27)10-8-17-24(28)23(32-25(14)17)12-15-11-16(29-2)7-9-22(15)30-3/h4-12H,13H2,1-3H3/b23-12-. The van der Waals surface area contributed by atoms with Gasteiger partial charge in [-0.05, 0) is 55.5 Å². The van der Waals surface area contributed by atoms with Gasteiger partial charge < -0.3 is 18.9 Å². The van der Waals surface area contributed by atoms with Crippen molar-refractivity contribution in [2.45, 2.75) is 13.5 Å². The Hall–Kier alpha value is -3.87. The Morgan fingerprint density at radius 3 is 2.38 bits per heavy atom. The second kappa shape index (κ2) is 8.70. The summed E-state index contributed by atoms with van der Waals surface area (Å²) in [5.41, 5.74) is 1.37. The third-order valence-electron chi connectivity index (χ3n) is 5.19. The predicted octanol–water partition coefficient (Wildman–Crippen LogP) is 5.49. The molecule has 3 aromatic carbocycles. The van der Waals surface area contributed by atoms with Gasteiger partial charge in [-0.3, -0.25) is 4.79 Å². The van der Waals surface area contributed by atoms with Crippen LogP contribution in [0, 0.1) is 18.6 Å². The van der Waals surface area contributed by atoms with Crippen molar-refractivity contribution in [3.05, 3.63) is 88.2 Å². The zero-order chi connectivity index (χ0) is 22.8. The Labute approximate surface area is 183 Å². The van der Waals surface area contributed by atoms with E-state index in [2.05, 4.69) is 0 Å². The molecule has 3 aromatic rings. The van der Waals surface area contributed by atoms with Crippen molar-refractivity contribution in [2.75, 3.05) is 14.2 Å². The number of hydrogen-bond acceptors (Lipinski definition) is 5. The zero-order valence-electron chi connectivity index (χ0n) is 17.7. The highest BCUT2D eigenvalue weighted by Crippen LogP contribution is 2.40. The van der Waals surface area contributed by atoms with Crippen molar-refractivity contribution in [1.29, 1.82) is 0 Å². The molecule has 0 amide bonds. The van der Waals surface area contributed by atoms with Crippen LogP contribution in [0.4, 0.5) is 8.78 Å². The van der Waals surface area contributed by atoms with E-state index in [0.717, 1.165) is 0 Å². The highest BCUT2D eigenvalue weighted by Gasteiger charge is 2.30. The Balaban J connectivity index is 1.62. The number of carbonyl (C=O) groups is 1. The molecule has 1 aliphatic heterocycles. The van der Waals surface area contributed by atoms with Crippen LogP contribution in [0.2, 0.25) is 0 Å². The number of hydrogen-bond donors (Lipinski definition) is 0. The number of ketones is 1. The lowest BCUT2D eigenvalue weighted by Crippen LogP contribution is -2.03. The van der Waals surface area contributed by atoms with Crippen LogP contribution in [0.15, 0.2) is 54.3 Å². The van der Waals surface area contributed by atoms with Crippen LogP contribution in [0.25, 0.3) is 6.08 Å². The Morgan fingerprint density at radius 2 is 1.69 bits per heavy atom. The minimum atomic E-state index is -0.687. The van der Waals surface area contributed by atoms with Crippen molar-refractivity contribution in [1.82, 2.24) is 0 Å². The molecule has 0 spiro atoms. The monoisotopic (exact) mass is 438 g/mol. The summed E-state index contributed by atoms with van der Waals surface area (Å²) in [5, 5.41) is 0. The molecule has 1 heterocycles. The smallest absolute Gasteiger partial charge is 0.231 e. The van der Waals surface area contributed by atoms with E-state index in [1.54, 1.807) is 50.4 Å². The maximum Gasteiger partial charge on any atom is 0.231 e. The fraction of sp³-hybridized carbons (Fsp3) is 0.160. The van der Waals surface area contributed by atoms with Gasteiger partial charge in [0.15, 0.2) is 5.76 Å². The molecule has 5 nitrogen and oxygen atoms in total. The number of Topliss-reactive ketones (excluding diaryl/α,β-unsaturated/α-hetero) is 1. The number of rotatable bonds is 6. The second-order valence-corrected chi connectivity index (χ2v) is 7.10. The van der Waals surface area contributed by atoms with Crippen LogP contribution >= 0.6 is 0 Å². The van der Waals surface area contributed by atoms with Gasteiger partial charge >= 0.3 is 0 Å². The first-order chi connectivity index (χ1) is 15.4. The first-order valence-corrected chi connectivity index (χ1v) is 9.78. The average Bonchev–Trinajstić information content (AvgIpc) is 3.10. The number of benzene rings is 3. The molecule has 1 aliphatic rings. The first-order valence-electron chi connectivity index (χ1n) is 9.78. The Morgan fingerprint density at radius 1 is 0.969 bits per heavy atom. The minimum Gasteiger partial charge on any atom is -0.497 e. The summed E-state index contributed by atoms with van der Waals surface area (Å²) in [7, 11) is 3.08. The third kappa shape index (κ3) is 3.89. The summed E-state index contributed by atoms with van der Waals surface area (Å²) in [4.78, 5) is 12.9. The highest BCUT2D eigenvalue weighted by atomic mass is 19.1. The number of fused-ring (bicyclic) bond motifs is 1. The van der Waals surface area contributed by atoms with Gasteiger partial charge in [-0.25, -0.2) is 8.78 Å². The van der Waals surface area contributed by atoms with Crippen molar-refractivity contribution in [3.63, 3.8) is 0 Å². The second-order valence-electron chi connectivity index (χ2n) is 7.10. The fourth-order valence-corrected chi connectivity index (χ4v) is 3.44. The van der Waals surface area contributed by atoms with Crippen LogP contribution in [0.1, 0.15) is 27.0 Å². The van der Waals surface area contributed by atoms with Crippen LogP contribution in [0.3, 0.4) is 0 Å². The minimum absolute atomic E-state index is 0.118. The fourth-order valence-electron chi connectivity index (χ4n) is 3.44. The van der Waals surface area contributed by atoms with Gasteiger partial charge in [0.1, 0.15) is 41.2 Å². The Bertz CT molecular complexity index is 1210. The van der Waals surface area contributed by atoms with E-state index in [1.807, 2.05) is 0 Å². The van der Waals surface area contributed by atoms with Gasteiger partial charge in [-0.2, -0.15) is 0 Å². The predicted molar refractivity (Wildman–Crippen MR) is 114 cm³/mol. The zero-order valence-corrected chi connectivity index (χ0v) is 17.7. The topological polar surface area (TPSA) is 54.0 Å². The van der Waals surface area contributed by atoms with E-state index in [9.17, 15) is 13.6 Å². The molecule has 0 bridgehead atoms. The summed E-state index contributed by atoms with van der Waals surface area (Å²) in [6.07, 6.45) is 1.58. The van der Waals surface area contributed by atoms with E-state index < -0.39 is 11.6 Å². The molecule has 0 atom stereocenters. The van der Waals surface area contributed by atoms with E-state index in [-0.39, 0.29) is 23.7 Å². The molecular weight excluding hydrogens is 418 g/mol. The molecule has 0 radical (unpaired) electrons. The summed E-state index contributed by atoms with van der Waals surface area (Å²) in [5.74, 6) is 0.312. The molecule has 4 rings (SSSR count). The molecule has 0 saturated carbocycles. The van der Waals surface area contributed by atoms with Gasteiger partial charge in [0.2, 0.25) is 5.78 Å². The number of methoxy groups -OCH3 is 2. The van der Waals surface area contributed by atoms with Gasteiger partial charge in [-0.1, -0.05) is 6.07 Å². The van der Waals surface area contributed by atoms with Crippen molar-refractivity contribution in [2.24, 2.45) is 0 Å². The van der Waals surface area contributed by atoms with Crippen molar-refractivity contribution >= 4 is 11.9 Å². The van der Waals surface area contributed by atoms with E-state index in [0.29, 0.717) is 39.7 Å². The van der Waals surface area contributed by atoms with Crippen LogP contribution in [0.5, 0.6) is 23.0 Å². The number of halogens is 2. The molecule has 7 heteroatoms. The van der Waals surface area contributed by atoms with Gasteiger partial charge in [0, 0.05) is 11.1 Å². The summed E-state index contributed by atoms with van der Waals surface area (Å²) < 4.78 is 49.9. The molecular formula is C25H20F2O5. The quantitative estimate of drug-likeness (QED) is 0.477.